The predicted molar refractivity (Wildman–Crippen MR) is 103 cm³/mol. The summed E-state index contributed by atoms with van der Waals surface area (Å²) in [5, 5.41) is 3.19. The number of aromatic amines is 1. The molecule has 0 bridgehead atoms. The third kappa shape index (κ3) is 3.31. The van der Waals surface area contributed by atoms with Crippen molar-refractivity contribution in [2.75, 3.05) is 18.6 Å². The van der Waals surface area contributed by atoms with Crippen LogP contribution in [0.1, 0.15) is 12.0 Å². The zero-order valence-corrected chi connectivity index (χ0v) is 15.1. The van der Waals surface area contributed by atoms with Crippen LogP contribution < -0.4 is 15.0 Å². The van der Waals surface area contributed by atoms with Crippen molar-refractivity contribution in [3.05, 3.63) is 60.3 Å². The first-order chi connectivity index (χ1) is 13.2. The van der Waals surface area contributed by atoms with E-state index in [1.807, 2.05) is 23.6 Å². The van der Waals surface area contributed by atoms with Gasteiger partial charge in [-0.2, -0.15) is 0 Å². The van der Waals surface area contributed by atoms with E-state index in [0.29, 0.717) is 11.4 Å². The van der Waals surface area contributed by atoms with Crippen LogP contribution in [-0.4, -0.2) is 36.5 Å². The minimum absolute atomic E-state index is 0.149. The fourth-order valence-electron chi connectivity index (χ4n) is 3.62. The molecule has 0 saturated carbocycles. The van der Waals surface area contributed by atoms with Gasteiger partial charge in [-0.05, 0) is 35.9 Å². The molecule has 1 aliphatic rings. The van der Waals surface area contributed by atoms with E-state index in [0.717, 1.165) is 18.5 Å². The first-order valence-electron chi connectivity index (χ1n) is 9.06. The minimum Gasteiger partial charge on any atom is -0.497 e. The monoisotopic (exact) mass is 364 g/mol. The molecule has 4 rings (SSSR count). The highest BCUT2D eigenvalue weighted by Gasteiger charge is 2.42. The molecule has 3 aromatic rings. The average molecular weight is 364 g/mol. The number of para-hydroxylation sites is 1. The van der Waals surface area contributed by atoms with Crippen molar-refractivity contribution in [1.82, 2.24) is 4.98 Å². The number of anilines is 1. The number of hydrogen-bond donors (Lipinski definition) is 2. The Morgan fingerprint density at radius 2 is 1.93 bits per heavy atom. The number of benzene rings is 2. The van der Waals surface area contributed by atoms with Crippen LogP contribution in [0.5, 0.6) is 5.75 Å². The molecule has 0 radical (unpaired) electrons. The van der Waals surface area contributed by atoms with Crippen LogP contribution >= 0.6 is 0 Å². The number of rotatable bonds is 6. The number of fused-ring (bicyclic) bond motifs is 1. The zero-order chi connectivity index (χ0) is 18.8. The molecule has 1 saturated heterocycles. The van der Waals surface area contributed by atoms with Crippen molar-refractivity contribution in [2.45, 2.75) is 18.9 Å². The number of H-pyrrole nitrogens is 1. The Morgan fingerprint density at radius 3 is 2.70 bits per heavy atom. The molecule has 1 aliphatic heterocycles. The highest BCUT2D eigenvalue weighted by molar-refractivity contribution is 6.21. The second-order valence-corrected chi connectivity index (χ2v) is 6.71. The Balaban J connectivity index is 1.40. The van der Waals surface area contributed by atoms with E-state index in [9.17, 15) is 9.59 Å². The smallest absolute Gasteiger partial charge is 0.292 e. The van der Waals surface area contributed by atoms with E-state index < -0.39 is 0 Å². The van der Waals surface area contributed by atoms with Gasteiger partial charge in [0.25, 0.3) is 5.91 Å². The van der Waals surface area contributed by atoms with Crippen molar-refractivity contribution < 1.29 is 19.6 Å². The quantitative estimate of drug-likeness (QED) is 0.653. The highest BCUT2D eigenvalue weighted by Crippen LogP contribution is 2.24. The van der Waals surface area contributed by atoms with Gasteiger partial charge in [-0.1, -0.05) is 18.2 Å². The number of nitrogens with one attached hydrogen (secondary N) is 1. The number of aromatic nitrogens is 1. The summed E-state index contributed by atoms with van der Waals surface area (Å²) in [7, 11) is 1.58. The molecule has 1 aromatic heterocycles. The summed E-state index contributed by atoms with van der Waals surface area (Å²) in [5.74, 6) is 0.391. The van der Waals surface area contributed by atoms with Crippen LogP contribution in [0.15, 0.2) is 54.7 Å². The number of imide groups is 1. The van der Waals surface area contributed by atoms with E-state index >= 15 is 0 Å². The number of amides is 2. The van der Waals surface area contributed by atoms with E-state index in [1.54, 1.807) is 31.4 Å². The first-order valence-corrected chi connectivity index (χ1v) is 9.06. The molecule has 2 amide bonds. The lowest BCUT2D eigenvalue weighted by atomic mass is 10.1. The van der Waals surface area contributed by atoms with Gasteiger partial charge in [-0.3, -0.25) is 9.59 Å². The number of carbonyl (C=O) groups excluding carboxylic acids is 2. The zero-order valence-electron chi connectivity index (χ0n) is 15.1. The summed E-state index contributed by atoms with van der Waals surface area (Å²) in [6, 6.07) is 14.8. The lowest BCUT2D eigenvalue weighted by molar-refractivity contribution is -0.674. The number of quaternary nitrogens is 1. The number of nitrogens with zero attached hydrogens (tertiary/aromatic N) is 1. The van der Waals surface area contributed by atoms with Gasteiger partial charge in [-0.25, -0.2) is 4.90 Å². The first kappa shape index (κ1) is 17.3. The molecular weight excluding hydrogens is 342 g/mol. The lowest BCUT2D eigenvalue weighted by Gasteiger charge is -2.14. The number of ether oxygens (including phenoxy) is 1. The maximum atomic E-state index is 12.7. The summed E-state index contributed by atoms with van der Waals surface area (Å²) in [6.45, 7) is 0.752. The van der Waals surface area contributed by atoms with Gasteiger partial charge in [0.05, 0.1) is 25.8 Å². The van der Waals surface area contributed by atoms with Crippen LogP contribution in [0.3, 0.4) is 0 Å². The summed E-state index contributed by atoms with van der Waals surface area (Å²) in [6.07, 6.45) is 3.09. The van der Waals surface area contributed by atoms with Gasteiger partial charge in [0.2, 0.25) is 5.91 Å². The van der Waals surface area contributed by atoms with Crippen LogP contribution in [0.2, 0.25) is 0 Å². The molecule has 0 aliphatic carbocycles. The maximum Gasteiger partial charge on any atom is 0.292 e. The molecule has 6 heteroatoms. The largest absolute Gasteiger partial charge is 0.497 e. The molecule has 6 nitrogen and oxygen atoms in total. The van der Waals surface area contributed by atoms with Crippen molar-refractivity contribution >= 4 is 28.4 Å². The SMILES string of the molecule is COc1ccc(N2C(=O)C[C@@H]([NH2+]CCc3c[nH]c4ccccc34)C2=O)cc1. The Hall–Kier alpha value is -3.12. The van der Waals surface area contributed by atoms with E-state index in [-0.39, 0.29) is 24.3 Å². The molecule has 0 unspecified atom stereocenters. The fourth-order valence-corrected chi connectivity index (χ4v) is 3.62. The molecular formula is C21H22N3O3+. The predicted octanol–water partition coefficient (Wildman–Crippen LogP) is 1.61. The van der Waals surface area contributed by atoms with Crippen molar-refractivity contribution in [2.24, 2.45) is 0 Å². The van der Waals surface area contributed by atoms with Crippen LogP contribution in [0.4, 0.5) is 5.69 Å². The number of hydrogen-bond acceptors (Lipinski definition) is 3. The Kier molecular flexibility index (Phi) is 4.64. The molecule has 138 valence electrons. The summed E-state index contributed by atoms with van der Waals surface area (Å²) in [4.78, 5) is 29.6. The molecule has 2 aromatic carbocycles. The van der Waals surface area contributed by atoms with Crippen LogP contribution in [0.25, 0.3) is 10.9 Å². The van der Waals surface area contributed by atoms with Crippen molar-refractivity contribution in [1.29, 1.82) is 0 Å². The van der Waals surface area contributed by atoms with Gasteiger partial charge >= 0.3 is 0 Å². The second kappa shape index (κ2) is 7.25. The Bertz CT molecular complexity index is 978. The van der Waals surface area contributed by atoms with Gasteiger partial charge in [-0.15, -0.1) is 0 Å². The number of nitrogens with two attached hydrogens (primary N) is 1. The van der Waals surface area contributed by atoms with Crippen LogP contribution in [0, 0.1) is 0 Å². The van der Waals surface area contributed by atoms with Gasteiger partial charge in [0.1, 0.15) is 5.75 Å². The third-order valence-electron chi connectivity index (χ3n) is 5.05. The molecule has 1 fully saturated rings. The van der Waals surface area contributed by atoms with Crippen molar-refractivity contribution in [3.8, 4) is 5.75 Å². The molecule has 0 spiro atoms. The lowest BCUT2D eigenvalue weighted by Crippen LogP contribution is -2.92. The molecule has 27 heavy (non-hydrogen) atoms. The fraction of sp³-hybridized carbons (Fsp3) is 0.238. The Labute approximate surface area is 157 Å². The van der Waals surface area contributed by atoms with Gasteiger partial charge < -0.3 is 15.0 Å². The normalized spacial score (nSPS) is 17.1. The molecule has 2 heterocycles. The molecule has 3 N–H and O–H groups in total. The Morgan fingerprint density at radius 1 is 1.15 bits per heavy atom. The average Bonchev–Trinajstić information content (AvgIpc) is 3.23. The van der Waals surface area contributed by atoms with E-state index in [4.69, 9.17) is 4.74 Å². The van der Waals surface area contributed by atoms with Crippen molar-refractivity contribution in [3.63, 3.8) is 0 Å². The standard InChI is InChI=1S/C21H21N3O3/c1-27-16-8-6-15(7-9-16)24-20(25)12-19(21(24)26)22-11-10-14-13-23-18-5-3-2-4-17(14)18/h2-9,13,19,22-23H,10-12H2,1H3/p+1/t19-/m1/s1. The summed E-state index contributed by atoms with van der Waals surface area (Å²) in [5.41, 5.74) is 2.94. The summed E-state index contributed by atoms with van der Waals surface area (Å²) < 4.78 is 5.13. The minimum atomic E-state index is -0.357. The highest BCUT2D eigenvalue weighted by atomic mass is 16.5. The number of methoxy groups -OCH3 is 1. The van der Waals surface area contributed by atoms with Crippen LogP contribution in [-0.2, 0) is 16.0 Å². The van der Waals surface area contributed by atoms with E-state index in [2.05, 4.69) is 17.1 Å². The second-order valence-electron chi connectivity index (χ2n) is 6.71. The third-order valence-corrected chi connectivity index (χ3v) is 5.05. The van der Waals surface area contributed by atoms with E-state index in [1.165, 1.54) is 15.8 Å². The van der Waals surface area contributed by atoms with Gasteiger partial charge in [0, 0.05) is 23.5 Å². The number of carbonyl (C=O) groups is 2. The maximum absolute atomic E-state index is 12.7. The van der Waals surface area contributed by atoms with Gasteiger partial charge in [0.15, 0.2) is 6.04 Å². The molecule has 1 atom stereocenters. The summed E-state index contributed by atoms with van der Waals surface area (Å²) >= 11 is 0. The topological polar surface area (TPSA) is 79.0 Å².